The van der Waals surface area contributed by atoms with Gasteiger partial charge >= 0.3 is 5.97 Å². The van der Waals surface area contributed by atoms with Crippen molar-refractivity contribution in [2.75, 3.05) is 0 Å². The van der Waals surface area contributed by atoms with Crippen LogP contribution < -0.4 is 5.32 Å². The number of aromatic carboxylic acids is 1. The average Bonchev–Trinajstić information content (AvgIpc) is 3.34. The van der Waals surface area contributed by atoms with E-state index in [1.807, 2.05) is 12.1 Å². The van der Waals surface area contributed by atoms with Crippen LogP contribution >= 0.6 is 0 Å². The van der Waals surface area contributed by atoms with Gasteiger partial charge in [-0.3, -0.25) is 4.79 Å². The summed E-state index contributed by atoms with van der Waals surface area (Å²) in [6.45, 7) is 2.50. The van der Waals surface area contributed by atoms with Crippen molar-refractivity contribution < 1.29 is 14.7 Å². The minimum absolute atomic E-state index is 0.0504. The molecule has 2 N–H and O–H groups in total. The molecule has 0 heterocycles. The highest BCUT2D eigenvalue weighted by atomic mass is 16.4. The zero-order valence-corrected chi connectivity index (χ0v) is 13.0. The number of aryl methyl sites for hydroxylation is 1. The Morgan fingerprint density at radius 1 is 1.13 bits per heavy atom. The first-order chi connectivity index (χ1) is 11.1. The second-order valence-corrected chi connectivity index (χ2v) is 6.03. The first-order valence-electron chi connectivity index (χ1n) is 7.71. The molecule has 1 amide bonds. The van der Waals surface area contributed by atoms with Crippen molar-refractivity contribution in [1.29, 1.82) is 0 Å². The summed E-state index contributed by atoms with van der Waals surface area (Å²) in [6, 6.07) is 14.8. The van der Waals surface area contributed by atoms with Gasteiger partial charge < -0.3 is 10.4 Å². The van der Waals surface area contributed by atoms with E-state index in [2.05, 4.69) is 24.4 Å². The standard InChI is InChI=1S/C19H19NO3/c1-12-4-2-3-5-15(12)16-10-17(16)18(21)20-11-13-6-8-14(9-7-13)19(22)23/h2-9,16-17H,10-11H2,1H3,(H,20,21)(H,22,23). The number of hydrogen-bond donors (Lipinski definition) is 2. The van der Waals surface area contributed by atoms with Crippen LogP contribution in [0.4, 0.5) is 0 Å². The lowest BCUT2D eigenvalue weighted by atomic mass is 10.0. The second-order valence-electron chi connectivity index (χ2n) is 6.03. The molecule has 1 fully saturated rings. The first kappa shape index (κ1) is 15.3. The van der Waals surface area contributed by atoms with Gasteiger partial charge in [-0.05, 0) is 48.1 Å². The highest BCUT2D eigenvalue weighted by molar-refractivity contribution is 5.87. The molecule has 1 aliphatic rings. The van der Waals surface area contributed by atoms with E-state index >= 15 is 0 Å². The number of amides is 1. The van der Waals surface area contributed by atoms with Gasteiger partial charge in [-0.15, -0.1) is 0 Å². The zero-order chi connectivity index (χ0) is 16.4. The average molecular weight is 309 g/mol. The number of carbonyl (C=O) groups is 2. The Hall–Kier alpha value is -2.62. The maximum absolute atomic E-state index is 12.2. The van der Waals surface area contributed by atoms with E-state index in [4.69, 9.17) is 5.11 Å². The number of carbonyl (C=O) groups excluding carboxylic acids is 1. The van der Waals surface area contributed by atoms with Gasteiger partial charge in [0.1, 0.15) is 0 Å². The summed E-state index contributed by atoms with van der Waals surface area (Å²) in [7, 11) is 0. The summed E-state index contributed by atoms with van der Waals surface area (Å²) in [5, 5.41) is 11.8. The van der Waals surface area contributed by atoms with Crippen molar-refractivity contribution in [3.8, 4) is 0 Å². The van der Waals surface area contributed by atoms with Crippen LogP contribution in [0.3, 0.4) is 0 Å². The van der Waals surface area contributed by atoms with Crippen molar-refractivity contribution in [3.63, 3.8) is 0 Å². The summed E-state index contributed by atoms with van der Waals surface area (Å²) < 4.78 is 0. The fraction of sp³-hybridized carbons (Fsp3) is 0.263. The van der Waals surface area contributed by atoms with Crippen molar-refractivity contribution in [2.24, 2.45) is 5.92 Å². The Bertz CT molecular complexity index is 737. The highest BCUT2D eigenvalue weighted by Gasteiger charge is 2.44. The van der Waals surface area contributed by atoms with Crippen molar-refractivity contribution in [3.05, 3.63) is 70.8 Å². The Labute approximate surface area is 135 Å². The van der Waals surface area contributed by atoms with Gasteiger partial charge in [0.15, 0.2) is 0 Å². The highest BCUT2D eigenvalue weighted by Crippen LogP contribution is 2.48. The fourth-order valence-electron chi connectivity index (χ4n) is 2.92. The molecule has 2 aromatic carbocycles. The largest absolute Gasteiger partial charge is 0.478 e. The van der Waals surface area contributed by atoms with E-state index < -0.39 is 5.97 Å². The number of carboxylic acid groups (broad SMARTS) is 1. The van der Waals surface area contributed by atoms with E-state index in [0.29, 0.717) is 12.5 Å². The van der Waals surface area contributed by atoms with Crippen molar-refractivity contribution in [1.82, 2.24) is 5.32 Å². The Morgan fingerprint density at radius 3 is 2.48 bits per heavy atom. The summed E-state index contributed by atoms with van der Waals surface area (Å²) in [5.74, 6) is -0.500. The molecular formula is C19H19NO3. The van der Waals surface area contributed by atoms with E-state index in [9.17, 15) is 9.59 Å². The summed E-state index contributed by atoms with van der Waals surface area (Å²) in [5.41, 5.74) is 3.65. The smallest absolute Gasteiger partial charge is 0.335 e. The van der Waals surface area contributed by atoms with Crippen LogP contribution in [0.5, 0.6) is 0 Å². The van der Waals surface area contributed by atoms with Gasteiger partial charge in [0, 0.05) is 12.5 Å². The van der Waals surface area contributed by atoms with Crippen LogP contribution in [0.25, 0.3) is 0 Å². The summed E-state index contributed by atoms with van der Waals surface area (Å²) >= 11 is 0. The number of nitrogens with one attached hydrogen (secondary N) is 1. The molecule has 0 spiro atoms. The van der Waals surface area contributed by atoms with Gasteiger partial charge in [0.2, 0.25) is 5.91 Å². The molecule has 1 aliphatic carbocycles. The molecule has 3 rings (SSSR count). The van der Waals surface area contributed by atoms with Crippen LogP contribution in [0, 0.1) is 12.8 Å². The summed E-state index contributed by atoms with van der Waals surface area (Å²) in [6.07, 6.45) is 0.897. The summed E-state index contributed by atoms with van der Waals surface area (Å²) in [4.78, 5) is 23.0. The SMILES string of the molecule is Cc1ccccc1C1CC1C(=O)NCc1ccc(C(=O)O)cc1. The van der Waals surface area contributed by atoms with Crippen LogP contribution in [0.1, 0.15) is 39.4 Å². The minimum Gasteiger partial charge on any atom is -0.478 e. The van der Waals surface area contributed by atoms with Gasteiger partial charge in [0.05, 0.1) is 5.56 Å². The van der Waals surface area contributed by atoms with Gasteiger partial charge in [-0.2, -0.15) is 0 Å². The van der Waals surface area contributed by atoms with E-state index in [1.165, 1.54) is 11.1 Å². The zero-order valence-electron chi connectivity index (χ0n) is 13.0. The second kappa shape index (κ2) is 6.24. The number of carboxylic acids is 1. The molecule has 0 bridgehead atoms. The molecule has 0 aliphatic heterocycles. The molecule has 0 radical (unpaired) electrons. The molecule has 4 heteroatoms. The maximum atomic E-state index is 12.2. The van der Waals surface area contributed by atoms with Gasteiger partial charge in [-0.1, -0.05) is 36.4 Å². The lowest BCUT2D eigenvalue weighted by Crippen LogP contribution is -2.24. The predicted molar refractivity (Wildman–Crippen MR) is 87.3 cm³/mol. The predicted octanol–water partition coefficient (Wildman–Crippen LogP) is 3.11. The molecule has 2 aromatic rings. The van der Waals surface area contributed by atoms with Crippen molar-refractivity contribution in [2.45, 2.75) is 25.8 Å². The molecule has 4 nitrogen and oxygen atoms in total. The number of hydrogen-bond acceptors (Lipinski definition) is 2. The molecule has 2 unspecified atom stereocenters. The number of benzene rings is 2. The third-order valence-electron chi connectivity index (χ3n) is 4.38. The monoisotopic (exact) mass is 309 g/mol. The van der Waals surface area contributed by atoms with E-state index in [0.717, 1.165) is 12.0 Å². The van der Waals surface area contributed by atoms with Crippen molar-refractivity contribution >= 4 is 11.9 Å². The van der Waals surface area contributed by atoms with E-state index in [1.54, 1.807) is 24.3 Å². The van der Waals surface area contributed by atoms with Crippen LogP contribution in [0.2, 0.25) is 0 Å². The minimum atomic E-state index is -0.945. The topological polar surface area (TPSA) is 66.4 Å². The Morgan fingerprint density at radius 2 is 1.83 bits per heavy atom. The number of rotatable bonds is 5. The van der Waals surface area contributed by atoms with Gasteiger partial charge in [0.25, 0.3) is 0 Å². The third kappa shape index (κ3) is 3.42. The van der Waals surface area contributed by atoms with Gasteiger partial charge in [-0.25, -0.2) is 4.79 Å². The molecular weight excluding hydrogens is 290 g/mol. The van der Waals surface area contributed by atoms with Crippen LogP contribution in [0.15, 0.2) is 48.5 Å². The maximum Gasteiger partial charge on any atom is 0.335 e. The quantitative estimate of drug-likeness (QED) is 0.892. The lowest BCUT2D eigenvalue weighted by molar-refractivity contribution is -0.122. The molecule has 0 saturated heterocycles. The Balaban J connectivity index is 1.55. The molecule has 2 atom stereocenters. The lowest BCUT2D eigenvalue weighted by Gasteiger charge is -2.07. The van der Waals surface area contributed by atoms with E-state index in [-0.39, 0.29) is 17.4 Å². The third-order valence-corrected chi connectivity index (χ3v) is 4.38. The Kier molecular flexibility index (Phi) is 4.15. The van der Waals surface area contributed by atoms with Crippen LogP contribution in [-0.2, 0) is 11.3 Å². The normalized spacial score (nSPS) is 19.2. The molecule has 23 heavy (non-hydrogen) atoms. The fourth-order valence-corrected chi connectivity index (χ4v) is 2.92. The molecule has 118 valence electrons. The molecule has 1 saturated carbocycles. The first-order valence-corrected chi connectivity index (χ1v) is 7.71. The molecule has 0 aromatic heterocycles. The van der Waals surface area contributed by atoms with Crippen LogP contribution in [-0.4, -0.2) is 17.0 Å².